The zero-order valence-corrected chi connectivity index (χ0v) is 18.5. The molecule has 3 aromatic carbocycles. The lowest BCUT2D eigenvalue weighted by molar-refractivity contribution is 0.596. The van der Waals surface area contributed by atoms with Crippen molar-refractivity contribution in [1.82, 2.24) is 14.5 Å². The molecule has 6 nitrogen and oxygen atoms in total. The van der Waals surface area contributed by atoms with Gasteiger partial charge in [-0.25, -0.2) is 18.4 Å². The Labute approximate surface area is 186 Å². The van der Waals surface area contributed by atoms with Gasteiger partial charge in [0.2, 0.25) is 9.84 Å². The Balaban J connectivity index is 1.86. The van der Waals surface area contributed by atoms with Crippen molar-refractivity contribution in [1.29, 1.82) is 0 Å². The molecule has 2 N–H and O–H groups in total. The molecule has 7 heteroatoms. The van der Waals surface area contributed by atoms with Crippen molar-refractivity contribution in [2.75, 3.05) is 5.73 Å². The van der Waals surface area contributed by atoms with Gasteiger partial charge in [0.25, 0.3) is 0 Å². The fourth-order valence-corrected chi connectivity index (χ4v) is 5.52. The average molecular weight is 443 g/mol. The minimum atomic E-state index is -3.92. The highest BCUT2D eigenvalue weighted by Crippen LogP contribution is 2.38. The molecule has 0 aliphatic heterocycles. The number of nitrogens with zero attached hydrogens (tertiary/aromatic N) is 3. The second-order valence-electron chi connectivity index (χ2n) is 7.87. The van der Waals surface area contributed by atoms with Gasteiger partial charge in [-0.05, 0) is 43.7 Å². The maximum Gasteiger partial charge on any atom is 0.212 e. The Kier molecular flexibility index (Phi) is 4.71. The highest BCUT2D eigenvalue weighted by molar-refractivity contribution is 7.92. The number of fused-ring (bicyclic) bond motifs is 2. The molecule has 5 rings (SSSR count). The summed E-state index contributed by atoms with van der Waals surface area (Å²) in [5.41, 5.74) is 10.6. The predicted molar refractivity (Wildman–Crippen MR) is 126 cm³/mol. The Morgan fingerprint density at radius 3 is 2.09 bits per heavy atom. The topological polar surface area (TPSA) is 90.9 Å². The number of para-hydroxylation sites is 2. The number of rotatable bonds is 4. The van der Waals surface area contributed by atoms with E-state index in [1.54, 1.807) is 28.8 Å². The second-order valence-corrected chi connectivity index (χ2v) is 9.76. The van der Waals surface area contributed by atoms with E-state index in [1.807, 2.05) is 68.4 Å². The second kappa shape index (κ2) is 7.46. The molecule has 0 aliphatic rings. The van der Waals surface area contributed by atoms with Crippen LogP contribution in [0.1, 0.15) is 24.1 Å². The molecule has 0 amide bonds. The highest BCUT2D eigenvalue weighted by Gasteiger charge is 2.31. The number of anilines is 1. The Morgan fingerprint density at radius 2 is 1.44 bits per heavy atom. The van der Waals surface area contributed by atoms with Crippen molar-refractivity contribution in [2.24, 2.45) is 0 Å². The molecule has 0 saturated heterocycles. The molecule has 5 aromatic rings. The van der Waals surface area contributed by atoms with E-state index < -0.39 is 9.84 Å². The normalized spacial score (nSPS) is 12.9. The maximum atomic E-state index is 13.7. The summed E-state index contributed by atoms with van der Waals surface area (Å²) in [5.74, 6) is 0.132. The Morgan fingerprint density at radius 1 is 0.844 bits per heavy atom. The summed E-state index contributed by atoms with van der Waals surface area (Å²) in [5, 5.41) is 0. The van der Waals surface area contributed by atoms with Crippen LogP contribution in [0.4, 0.5) is 5.82 Å². The van der Waals surface area contributed by atoms with Gasteiger partial charge in [0.15, 0.2) is 5.65 Å². The SMILES string of the molecule is Cc1ccc(S(=O)(=O)c2c(N)n([C@H](C)c3ccccc3)c3nc4ccccc4nc23)cc1. The number of hydrogen-bond donors (Lipinski definition) is 1. The first-order chi connectivity index (χ1) is 15.4. The number of hydrogen-bond acceptors (Lipinski definition) is 5. The molecule has 1 atom stereocenters. The van der Waals surface area contributed by atoms with Gasteiger partial charge in [-0.1, -0.05) is 60.2 Å². The maximum absolute atomic E-state index is 13.7. The van der Waals surface area contributed by atoms with E-state index in [0.717, 1.165) is 11.1 Å². The third-order valence-electron chi connectivity index (χ3n) is 5.76. The summed E-state index contributed by atoms with van der Waals surface area (Å²) >= 11 is 0. The minimum Gasteiger partial charge on any atom is -0.384 e. The summed E-state index contributed by atoms with van der Waals surface area (Å²) in [6, 6.07) is 23.7. The summed E-state index contributed by atoms with van der Waals surface area (Å²) < 4.78 is 29.2. The molecular formula is C25H22N4O2S. The number of aromatic nitrogens is 3. The zero-order valence-electron chi connectivity index (χ0n) is 17.7. The number of benzene rings is 3. The van der Waals surface area contributed by atoms with Crippen molar-refractivity contribution in [3.63, 3.8) is 0 Å². The number of nitrogen functional groups attached to an aromatic ring is 1. The molecule has 2 heterocycles. The fourth-order valence-electron chi connectivity index (χ4n) is 4.03. The van der Waals surface area contributed by atoms with Gasteiger partial charge >= 0.3 is 0 Å². The van der Waals surface area contributed by atoms with E-state index in [-0.39, 0.29) is 27.2 Å². The van der Waals surface area contributed by atoms with E-state index in [1.165, 1.54) is 0 Å². The smallest absolute Gasteiger partial charge is 0.212 e. The van der Waals surface area contributed by atoms with Crippen molar-refractivity contribution < 1.29 is 8.42 Å². The lowest BCUT2D eigenvalue weighted by Gasteiger charge is -2.17. The van der Waals surface area contributed by atoms with Crippen molar-refractivity contribution in [3.05, 3.63) is 90.0 Å². The largest absolute Gasteiger partial charge is 0.384 e. The molecule has 0 spiro atoms. The zero-order chi connectivity index (χ0) is 22.5. The summed E-state index contributed by atoms with van der Waals surface area (Å²) in [4.78, 5) is 9.66. The molecule has 0 radical (unpaired) electrons. The quantitative estimate of drug-likeness (QED) is 0.427. The van der Waals surface area contributed by atoms with Crippen LogP contribution in [-0.4, -0.2) is 23.0 Å². The first kappa shape index (κ1) is 20.2. The molecule has 0 bridgehead atoms. The molecule has 2 aromatic heterocycles. The Bertz CT molecular complexity index is 1560. The summed E-state index contributed by atoms with van der Waals surface area (Å²) in [6.07, 6.45) is 0. The van der Waals surface area contributed by atoms with Crippen molar-refractivity contribution in [3.8, 4) is 0 Å². The third kappa shape index (κ3) is 3.13. The van der Waals surface area contributed by atoms with E-state index in [4.69, 9.17) is 15.7 Å². The van der Waals surface area contributed by atoms with Crippen LogP contribution in [0.5, 0.6) is 0 Å². The van der Waals surface area contributed by atoms with Gasteiger partial charge in [0, 0.05) is 0 Å². The molecule has 0 unspecified atom stereocenters. The average Bonchev–Trinajstić information content (AvgIpc) is 3.09. The molecule has 160 valence electrons. The van der Waals surface area contributed by atoms with Crippen LogP contribution in [-0.2, 0) is 9.84 Å². The lowest BCUT2D eigenvalue weighted by Crippen LogP contribution is -2.12. The van der Waals surface area contributed by atoms with Crippen LogP contribution < -0.4 is 5.73 Å². The third-order valence-corrected chi connectivity index (χ3v) is 7.59. The monoisotopic (exact) mass is 442 g/mol. The van der Waals surface area contributed by atoms with Gasteiger partial charge < -0.3 is 10.3 Å². The van der Waals surface area contributed by atoms with Gasteiger partial charge in [-0.3, -0.25) is 0 Å². The van der Waals surface area contributed by atoms with E-state index in [0.29, 0.717) is 16.7 Å². The number of nitrogens with two attached hydrogens (primary N) is 1. The van der Waals surface area contributed by atoms with Crippen LogP contribution in [0.2, 0.25) is 0 Å². The van der Waals surface area contributed by atoms with Crippen LogP contribution in [0.3, 0.4) is 0 Å². The summed E-state index contributed by atoms with van der Waals surface area (Å²) in [6.45, 7) is 3.89. The predicted octanol–water partition coefficient (Wildman–Crippen LogP) is 4.92. The Hall–Kier alpha value is -3.71. The fraction of sp³-hybridized carbons (Fsp3) is 0.120. The minimum absolute atomic E-state index is 0.00242. The van der Waals surface area contributed by atoms with Crippen LogP contribution in [0, 0.1) is 6.92 Å². The summed E-state index contributed by atoms with van der Waals surface area (Å²) in [7, 11) is -3.92. The number of aryl methyl sites for hydroxylation is 1. The van der Waals surface area contributed by atoms with Gasteiger partial charge in [-0.2, -0.15) is 0 Å². The first-order valence-electron chi connectivity index (χ1n) is 10.3. The van der Waals surface area contributed by atoms with E-state index in [9.17, 15) is 8.42 Å². The molecule has 32 heavy (non-hydrogen) atoms. The van der Waals surface area contributed by atoms with E-state index in [2.05, 4.69) is 0 Å². The highest BCUT2D eigenvalue weighted by atomic mass is 32.2. The van der Waals surface area contributed by atoms with Crippen LogP contribution >= 0.6 is 0 Å². The first-order valence-corrected chi connectivity index (χ1v) is 11.8. The van der Waals surface area contributed by atoms with Crippen LogP contribution in [0.25, 0.3) is 22.2 Å². The van der Waals surface area contributed by atoms with Crippen molar-refractivity contribution in [2.45, 2.75) is 29.7 Å². The molecule has 0 fully saturated rings. The van der Waals surface area contributed by atoms with E-state index >= 15 is 0 Å². The molecule has 0 saturated carbocycles. The van der Waals surface area contributed by atoms with Gasteiger partial charge in [0.1, 0.15) is 16.2 Å². The number of sulfone groups is 1. The lowest BCUT2D eigenvalue weighted by atomic mass is 10.1. The van der Waals surface area contributed by atoms with Crippen molar-refractivity contribution >= 4 is 37.9 Å². The standard InChI is InChI=1S/C25H22N4O2S/c1-16-12-14-19(15-13-16)32(30,31)23-22-25(28-21-11-7-6-10-20(21)27-22)29(24(23)26)17(2)18-8-4-3-5-9-18/h3-15,17H,26H2,1-2H3/t17-/m1/s1. The van der Waals surface area contributed by atoms with Gasteiger partial charge in [0.05, 0.1) is 22.0 Å². The molecular weight excluding hydrogens is 420 g/mol. The molecule has 0 aliphatic carbocycles. The van der Waals surface area contributed by atoms with Gasteiger partial charge in [-0.15, -0.1) is 0 Å². The van der Waals surface area contributed by atoms with Crippen LogP contribution in [0.15, 0.2) is 88.7 Å².